The minimum Gasteiger partial charge on any atom is -0.502 e. The van der Waals surface area contributed by atoms with Crippen LogP contribution in [-0.4, -0.2) is 14.6 Å². The second-order valence-corrected chi connectivity index (χ2v) is 10.1. The zero-order valence-electron chi connectivity index (χ0n) is 18.7. The van der Waals surface area contributed by atoms with Crippen LogP contribution in [0.2, 0.25) is 5.02 Å². The first-order valence-corrected chi connectivity index (χ1v) is 12.5. The number of halogens is 1. The summed E-state index contributed by atoms with van der Waals surface area (Å²) in [4.78, 5) is 29.8. The topological polar surface area (TPSA) is 97.7 Å². The van der Waals surface area contributed by atoms with E-state index in [0.29, 0.717) is 19.9 Å². The molecule has 0 spiro atoms. The molecular formula is C27H18ClN3O4S. The lowest BCUT2D eigenvalue weighted by Crippen LogP contribution is -2.38. The van der Waals surface area contributed by atoms with Crippen LogP contribution < -0.4 is 14.9 Å². The summed E-state index contributed by atoms with van der Waals surface area (Å²) >= 11 is 7.87. The van der Waals surface area contributed by atoms with Crippen molar-refractivity contribution in [3.05, 3.63) is 129 Å². The van der Waals surface area contributed by atoms with Gasteiger partial charge in [-0.3, -0.25) is 19.5 Å². The molecule has 1 N–H and O–H groups in total. The second kappa shape index (κ2) is 8.58. The summed E-state index contributed by atoms with van der Waals surface area (Å²) in [6, 6.07) is 19.3. The summed E-state index contributed by atoms with van der Waals surface area (Å²) in [5, 5.41) is 21.6. The van der Waals surface area contributed by atoms with E-state index in [1.807, 2.05) is 36.4 Å². The number of phenols is 1. The molecule has 0 fully saturated rings. The van der Waals surface area contributed by atoms with Gasteiger partial charge in [-0.25, -0.2) is 4.99 Å². The maximum Gasteiger partial charge on any atom is 0.311 e. The Morgan fingerprint density at radius 1 is 1.11 bits per heavy atom. The lowest BCUT2D eigenvalue weighted by atomic mass is 9.83. The Kier molecular flexibility index (Phi) is 5.35. The molecule has 1 atom stereocenters. The second-order valence-electron chi connectivity index (χ2n) is 8.64. The fourth-order valence-electron chi connectivity index (χ4n) is 4.92. The standard InChI is InChI=1S/C27H18ClN3O4S/c28-20-8-4-3-7-18(20)25-19-11-10-16-5-1-2-6-17(16)24(19)29-27-30(25)26(33)23(36-27)14-15-9-12-22(32)21(13-15)31(34)35/h1-9,12-14,25,32H,10-11H2. The van der Waals surface area contributed by atoms with Crippen LogP contribution in [0.3, 0.4) is 0 Å². The van der Waals surface area contributed by atoms with E-state index < -0.39 is 22.4 Å². The summed E-state index contributed by atoms with van der Waals surface area (Å²) in [5.74, 6) is -0.427. The van der Waals surface area contributed by atoms with Crippen LogP contribution in [0.5, 0.6) is 5.75 Å². The number of aromatic hydroxyl groups is 1. The molecule has 0 saturated heterocycles. The predicted molar refractivity (Wildman–Crippen MR) is 139 cm³/mol. The van der Waals surface area contributed by atoms with Gasteiger partial charge in [-0.15, -0.1) is 0 Å². The Balaban J connectivity index is 1.62. The number of hydrogen-bond donors (Lipinski definition) is 1. The summed E-state index contributed by atoms with van der Waals surface area (Å²) in [6.07, 6.45) is 3.18. The summed E-state index contributed by atoms with van der Waals surface area (Å²) in [6.45, 7) is 0. The van der Waals surface area contributed by atoms with Gasteiger partial charge in [0, 0.05) is 16.7 Å². The molecule has 1 unspecified atom stereocenters. The maximum atomic E-state index is 13.8. The molecule has 1 aromatic heterocycles. The normalized spacial score (nSPS) is 16.7. The smallest absolute Gasteiger partial charge is 0.311 e. The lowest BCUT2D eigenvalue weighted by molar-refractivity contribution is -0.385. The third kappa shape index (κ3) is 3.57. The van der Waals surface area contributed by atoms with Crippen LogP contribution in [0, 0.1) is 10.1 Å². The summed E-state index contributed by atoms with van der Waals surface area (Å²) in [7, 11) is 0. The van der Waals surface area contributed by atoms with E-state index in [4.69, 9.17) is 16.6 Å². The minimum absolute atomic E-state index is 0.246. The number of benzene rings is 3. The highest BCUT2D eigenvalue weighted by Crippen LogP contribution is 2.42. The van der Waals surface area contributed by atoms with Crippen LogP contribution in [-0.2, 0) is 6.42 Å². The lowest BCUT2D eigenvalue weighted by Gasteiger charge is -2.31. The quantitative estimate of drug-likeness (QED) is 0.319. The van der Waals surface area contributed by atoms with Gasteiger partial charge < -0.3 is 5.11 Å². The number of thiazole rings is 1. The van der Waals surface area contributed by atoms with Gasteiger partial charge in [-0.1, -0.05) is 71.5 Å². The number of nitro groups is 1. The van der Waals surface area contributed by atoms with Crippen molar-refractivity contribution >= 4 is 40.4 Å². The molecule has 7 nitrogen and oxygen atoms in total. The summed E-state index contributed by atoms with van der Waals surface area (Å²) < 4.78 is 2.07. The highest BCUT2D eigenvalue weighted by molar-refractivity contribution is 7.07. The van der Waals surface area contributed by atoms with E-state index in [1.165, 1.54) is 35.1 Å². The van der Waals surface area contributed by atoms with Crippen molar-refractivity contribution in [2.75, 3.05) is 0 Å². The molecule has 3 aromatic carbocycles. The molecule has 4 aromatic rings. The van der Waals surface area contributed by atoms with Crippen molar-refractivity contribution < 1.29 is 10.0 Å². The fourth-order valence-corrected chi connectivity index (χ4v) is 6.16. The van der Waals surface area contributed by atoms with Crippen molar-refractivity contribution in [2.24, 2.45) is 4.99 Å². The van der Waals surface area contributed by atoms with Crippen molar-refractivity contribution in [1.29, 1.82) is 0 Å². The number of nitrogens with zero attached hydrogens (tertiary/aromatic N) is 3. The van der Waals surface area contributed by atoms with E-state index in [2.05, 4.69) is 12.1 Å². The molecule has 1 aliphatic carbocycles. The number of aromatic nitrogens is 1. The molecular weight excluding hydrogens is 498 g/mol. The third-order valence-corrected chi connectivity index (χ3v) is 7.89. The number of fused-ring (bicyclic) bond motifs is 3. The molecule has 6 rings (SSSR count). The van der Waals surface area contributed by atoms with Gasteiger partial charge in [-0.2, -0.15) is 0 Å². The van der Waals surface area contributed by atoms with Gasteiger partial charge in [0.1, 0.15) is 0 Å². The average Bonchev–Trinajstić information content (AvgIpc) is 3.18. The highest BCUT2D eigenvalue weighted by atomic mass is 35.5. The van der Waals surface area contributed by atoms with Crippen LogP contribution in [0.1, 0.15) is 34.7 Å². The number of rotatable bonds is 3. The first kappa shape index (κ1) is 22.5. The Morgan fingerprint density at radius 2 is 1.89 bits per heavy atom. The summed E-state index contributed by atoms with van der Waals surface area (Å²) in [5.41, 5.74) is 4.79. The van der Waals surface area contributed by atoms with Gasteiger partial charge in [0.05, 0.1) is 21.2 Å². The molecule has 1 aliphatic heterocycles. The van der Waals surface area contributed by atoms with Crippen LogP contribution >= 0.6 is 22.9 Å². The van der Waals surface area contributed by atoms with E-state index in [0.717, 1.165) is 35.2 Å². The van der Waals surface area contributed by atoms with E-state index in [9.17, 15) is 20.0 Å². The molecule has 2 aliphatic rings. The number of phenolic OH excluding ortho intramolecular Hbond substituents is 1. The largest absolute Gasteiger partial charge is 0.502 e. The predicted octanol–water partition coefficient (Wildman–Crippen LogP) is 4.59. The van der Waals surface area contributed by atoms with Crippen LogP contribution in [0.15, 0.2) is 82.1 Å². The van der Waals surface area contributed by atoms with E-state index in [-0.39, 0.29) is 5.56 Å². The Morgan fingerprint density at radius 3 is 2.69 bits per heavy atom. The monoisotopic (exact) mass is 515 g/mol. The Hall–Kier alpha value is -4.01. The minimum atomic E-state index is -0.656. The zero-order chi connectivity index (χ0) is 25.0. The molecule has 0 radical (unpaired) electrons. The van der Waals surface area contributed by atoms with Crippen molar-refractivity contribution in [3.63, 3.8) is 0 Å². The van der Waals surface area contributed by atoms with Crippen LogP contribution in [0.25, 0.3) is 11.8 Å². The highest BCUT2D eigenvalue weighted by Gasteiger charge is 2.33. The van der Waals surface area contributed by atoms with Gasteiger partial charge in [0.15, 0.2) is 10.6 Å². The van der Waals surface area contributed by atoms with Gasteiger partial charge >= 0.3 is 5.69 Å². The van der Waals surface area contributed by atoms with E-state index in [1.54, 1.807) is 10.6 Å². The van der Waals surface area contributed by atoms with Crippen molar-refractivity contribution in [2.45, 2.75) is 18.9 Å². The van der Waals surface area contributed by atoms with Crippen molar-refractivity contribution in [3.8, 4) is 5.75 Å². The molecule has 36 heavy (non-hydrogen) atoms. The zero-order valence-corrected chi connectivity index (χ0v) is 20.3. The molecule has 0 bridgehead atoms. The maximum absolute atomic E-state index is 13.8. The number of allylic oxidation sites excluding steroid dienone is 1. The molecule has 178 valence electrons. The van der Waals surface area contributed by atoms with Crippen molar-refractivity contribution in [1.82, 2.24) is 4.57 Å². The van der Waals surface area contributed by atoms with E-state index >= 15 is 0 Å². The molecule has 9 heteroatoms. The molecule has 2 heterocycles. The van der Waals surface area contributed by atoms with Gasteiger partial charge in [0.25, 0.3) is 5.56 Å². The number of hydrogen-bond acceptors (Lipinski definition) is 6. The van der Waals surface area contributed by atoms with Gasteiger partial charge in [0.2, 0.25) is 0 Å². The van der Waals surface area contributed by atoms with Gasteiger partial charge in [-0.05, 0) is 53.3 Å². The number of aryl methyl sites for hydroxylation is 1. The number of nitro benzene ring substituents is 1. The fraction of sp³-hybridized carbons (Fsp3) is 0.111. The Bertz CT molecular complexity index is 1790. The SMILES string of the molecule is O=c1c(=Cc2ccc(O)c([N+](=O)[O-])c2)sc2n1C(c1ccccc1Cl)C1=C(N=2)c2ccccc2CC1. The average molecular weight is 516 g/mol. The third-order valence-electron chi connectivity index (χ3n) is 6.57. The molecule has 0 saturated carbocycles. The first-order valence-electron chi connectivity index (χ1n) is 11.3. The molecule has 0 amide bonds. The van der Waals surface area contributed by atoms with Crippen LogP contribution in [0.4, 0.5) is 5.69 Å². The Labute approximate surface area is 213 Å². The first-order chi connectivity index (χ1) is 17.4.